The van der Waals surface area contributed by atoms with E-state index in [1.165, 1.54) is 18.5 Å². The van der Waals surface area contributed by atoms with Crippen molar-refractivity contribution in [2.45, 2.75) is 18.6 Å². The van der Waals surface area contributed by atoms with Gasteiger partial charge in [-0.3, -0.25) is 4.31 Å². The van der Waals surface area contributed by atoms with E-state index in [1.807, 2.05) is 0 Å². The first-order valence-electron chi connectivity index (χ1n) is 5.75. The van der Waals surface area contributed by atoms with Gasteiger partial charge in [-0.25, -0.2) is 8.42 Å². The number of rotatable bonds is 6. The van der Waals surface area contributed by atoms with E-state index in [2.05, 4.69) is 0 Å². The van der Waals surface area contributed by atoms with Crippen LogP contribution in [0, 0.1) is 0 Å². The van der Waals surface area contributed by atoms with Crippen molar-refractivity contribution in [2.75, 3.05) is 18.5 Å². The third-order valence-electron chi connectivity index (χ3n) is 2.85. The average Bonchev–Trinajstić information content (AvgIpc) is 2.37. The largest absolute Gasteiger partial charge is 0.497 e. The van der Waals surface area contributed by atoms with E-state index in [-0.39, 0.29) is 4.99 Å². The molecule has 2 N–H and O–H groups in total. The van der Waals surface area contributed by atoms with E-state index < -0.39 is 15.3 Å². The molecule has 0 aliphatic rings. The third-order valence-corrected chi connectivity index (χ3v) is 5.56. The molecule has 1 atom stereocenters. The summed E-state index contributed by atoms with van der Waals surface area (Å²) in [5, 5.41) is -0.862. The second-order valence-electron chi connectivity index (χ2n) is 4.01. The average molecular weight is 302 g/mol. The molecule has 0 aromatic heterocycles. The summed E-state index contributed by atoms with van der Waals surface area (Å²) in [4.78, 5) is -0.0164. The van der Waals surface area contributed by atoms with Crippen LogP contribution in [0.4, 0.5) is 5.69 Å². The number of anilines is 1. The SMILES string of the molecule is CCC(C(N)=S)S(=O)(=O)N(C)c1cccc(OC)c1. The zero-order valence-corrected chi connectivity index (χ0v) is 12.8. The van der Waals surface area contributed by atoms with Crippen molar-refractivity contribution in [2.24, 2.45) is 5.73 Å². The second-order valence-corrected chi connectivity index (χ2v) is 6.63. The number of hydrogen-bond acceptors (Lipinski definition) is 4. The molecule has 1 rings (SSSR count). The van der Waals surface area contributed by atoms with Crippen LogP contribution in [-0.4, -0.2) is 32.8 Å². The van der Waals surface area contributed by atoms with Crippen LogP contribution in [0.15, 0.2) is 24.3 Å². The molecule has 0 saturated carbocycles. The molecule has 0 aliphatic heterocycles. The lowest BCUT2D eigenvalue weighted by atomic mass is 10.3. The van der Waals surface area contributed by atoms with Crippen LogP contribution in [0.5, 0.6) is 5.75 Å². The molecule has 0 aliphatic carbocycles. The Morgan fingerprint density at radius 1 is 1.53 bits per heavy atom. The number of nitrogens with zero attached hydrogens (tertiary/aromatic N) is 1. The van der Waals surface area contributed by atoms with Crippen LogP contribution in [0.25, 0.3) is 0 Å². The first kappa shape index (κ1) is 15.7. The van der Waals surface area contributed by atoms with E-state index >= 15 is 0 Å². The Morgan fingerprint density at radius 2 is 2.16 bits per heavy atom. The summed E-state index contributed by atoms with van der Waals surface area (Å²) < 4.78 is 31.1. The first-order chi connectivity index (χ1) is 8.84. The standard InChI is InChI=1S/C12H18N2O3S2/c1-4-11(12(13)18)19(15,16)14(2)9-6-5-7-10(8-9)17-3/h5-8,11H,4H2,1-3H3,(H2,13,18). The van der Waals surface area contributed by atoms with Crippen molar-refractivity contribution in [3.05, 3.63) is 24.3 Å². The fourth-order valence-corrected chi connectivity index (χ4v) is 3.74. The monoisotopic (exact) mass is 302 g/mol. The van der Waals surface area contributed by atoms with Gasteiger partial charge in [-0.2, -0.15) is 0 Å². The van der Waals surface area contributed by atoms with Crippen molar-refractivity contribution in [1.82, 2.24) is 0 Å². The molecule has 0 radical (unpaired) electrons. The summed E-state index contributed by atoms with van der Waals surface area (Å²) in [5.41, 5.74) is 6.01. The molecule has 0 amide bonds. The highest BCUT2D eigenvalue weighted by atomic mass is 32.2. The summed E-state index contributed by atoms with van der Waals surface area (Å²) in [6, 6.07) is 6.80. The van der Waals surface area contributed by atoms with Gasteiger partial charge in [0.25, 0.3) is 0 Å². The van der Waals surface area contributed by atoms with Gasteiger partial charge in [0.1, 0.15) is 11.0 Å². The maximum atomic E-state index is 12.4. The van der Waals surface area contributed by atoms with Gasteiger partial charge in [-0.15, -0.1) is 0 Å². The number of benzene rings is 1. The molecule has 19 heavy (non-hydrogen) atoms. The number of ether oxygens (including phenoxy) is 1. The van der Waals surface area contributed by atoms with Crippen molar-refractivity contribution in [3.63, 3.8) is 0 Å². The normalized spacial score (nSPS) is 12.8. The Hall–Kier alpha value is -1.34. The van der Waals surface area contributed by atoms with Crippen LogP contribution >= 0.6 is 12.2 Å². The van der Waals surface area contributed by atoms with Crippen molar-refractivity contribution in [3.8, 4) is 5.75 Å². The molecule has 1 aromatic rings. The van der Waals surface area contributed by atoms with Crippen LogP contribution in [0.3, 0.4) is 0 Å². The minimum atomic E-state index is -3.62. The lowest BCUT2D eigenvalue weighted by Crippen LogP contribution is -2.42. The summed E-state index contributed by atoms with van der Waals surface area (Å²) in [5.74, 6) is 0.586. The molecule has 5 nitrogen and oxygen atoms in total. The highest BCUT2D eigenvalue weighted by molar-refractivity contribution is 7.95. The lowest BCUT2D eigenvalue weighted by Gasteiger charge is -2.24. The molecule has 0 fully saturated rings. The third kappa shape index (κ3) is 3.36. The smallest absolute Gasteiger partial charge is 0.244 e. The van der Waals surface area contributed by atoms with Gasteiger partial charge in [-0.05, 0) is 18.6 Å². The summed E-state index contributed by atoms with van der Waals surface area (Å²) in [6.45, 7) is 1.74. The Morgan fingerprint density at radius 3 is 2.63 bits per heavy atom. The molecule has 106 valence electrons. The Balaban J connectivity index is 3.16. The number of methoxy groups -OCH3 is 1. The number of nitrogens with two attached hydrogens (primary N) is 1. The fraction of sp³-hybridized carbons (Fsp3) is 0.417. The van der Waals surface area contributed by atoms with E-state index in [1.54, 1.807) is 31.2 Å². The number of hydrogen-bond donors (Lipinski definition) is 1. The van der Waals surface area contributed by atoms with Crippen LogP contribution < -0.4 is 14.8 Å². The second kappa shape index (κ2) is 6.21. The summed E-state index contributed by atoms with van der Waals surface area (Å²) >= 11 is 4.83. The van der Waals surface area contributed by atoms with Crippen molar-refractivity contribution >= 4 is 32.9 Å². The molecular weight excluding hydrogens is 284 g/mol. The Labute approximate surface area is 119 Å². The zero-order chi connectivity index (χ0) is 14.6. The minimum absolute atomic E-state index is 0.0164. The molecule has 1 unspecified atom stereocenters. The lowest BCUT2D eigenvalue weighted by molar-refractivity contribution is 0.415. The molecule has 0 saturated heterocycles. The van der Waals surface area contributed by atoms with Gasteiger partial charge in [-0.1, -0.05) is 25.2 Å². The maximum absolute atomic E-state index is 12.4. The quantitative estimate of drug-likeness (QED) is 0.807. The van der Waals surface area contributed by atoms with Crippen LogP contribution in [-0.2, 0) is 10.0 Å². The number of thiocarbonyl (C=S) groups is 1. The Kier molecular flexibility index (Phi) is 5.13. The zero-order valence-electron chi connectivity index (χ0n) is 11.2. The molecule has 0 bridgehead atoms. The first-order valence-corrected chi connectivity index (χ1v) is 7.66. The topological polar surface area (TPSA) is 72.6 Å². The summed E-state index contributed by atoms with van der Waals surface area (Å²) in [7, 11) is -0.614. The van der Waals surface area contributed by atoms with Crippen LogP contribution in [0.1, 0.15) is 13.3 Å². The van der Waals surface area contributed by atoms with Gasteiger partial charge in [0.2, 0.25) is 10.0 Å². The predicted octanol–water partition coefficient (Wildman–Crippen LogP) is 1.53. The van der Waals surface area contributed by atoms with Gasteiger partial charge < -0.3 is 10.5 Å². The minimum Gasteiger partial charge on any atom is -0.497 e. The van der Waals surface area contributed by atoms with E-state index in [9.17, 15) is 8.42 Å². The Bertz CT molecular complexity index is 558. The van der Waals surface area contributed by atoms with E-state index in [0.717, 1.165) is 0 Å². The molecule has 1 aromatic carbocycles. The predicted molar refractivity (Wildman–Crippen MR) is 81.2 cm³/mol. The summed E-state index contributed by atoms with van der Waals surface area (Å²) in [6.07, 6.45) is 0.339. The molecule has 0 heterocycles. The highest BCUT2D eigenvalue weighted by Gasteiger charge is 2.31. The van der Waals surface area contributed by atoms with E-state index in [4.69, 9.17) is 22.7 Å². The molecular formula is C12H18N2O3S2. The van der Waals surface area contributed by atoms with Crippen molar-refractivity contribution < 1.29 is 13.2 Å². The van der Waals surface area contributed by atoms with Gasteiger partial charge in [0.15, 0.2) is 0 Å². The van der Waals surface area contributed by atoms with Crippen molar-refractivity contribution in [1.29, 1.82) is 0 Å². The van der Waals surface area contributed by atoms with Gasteiger partial charge in [0.05, 0.1) is 17.8 Å². The highest BCUT2D eigenvalue weighted by Crippen LogP contribution is 2.24. The maximum Gasteiger partial charge on any atom is 0.244 e. The molecule has 7 heteroatoms. The fourth-order valence-electron chi connectivity index (χ4n) is 1.70. The van der Waals surface area contributed by atoms with Crippen LogP contribution in [0.2, 0.25) is 0 Å². The number of sulfonamides is 1. The molecule has 0 spiro atoms. The van der Waals surface area contributed by atoms with Gasteiger partial charge in [0, 0.05) is 13.1 Å². The van der Waals surface area contributed by atoms with Gasteiger partial charge >= 0.3 is 0 Å². The van der Waals surface area contributed by atoms with E-state index in [0.29, 0.717) is 17.9 Å².